The summed E-state index contributed by atoms with van der Waals surface area (Å²) in [7, 11) is 0. The van der Waals surface area contributed by atoms with Gasteiger partial charge in [0.2, 0.25) is 5.54 Å². The van der Waals surface area contributed by atoms with E-state index in [0.717, 1.165) is 0 Å². The summed E-state index contributed by atoms with van der Waals surface area (Å²) in [5.41, 5.74) is -0.590. The number of nitrogens with zero attached hydrogens (tertiary/aromatic N) is 1. The average molecular weight is 408 g/mol. The van der Waals surface area contributed by atoms with Crippen LogP contribution in [0.25, 0.3) is 0 Å². The van der Waals surface area contributed by atoms with Crippen LogP contribution in [0.4, 0.5) is 14.9 Å². The van der Waals surface area contributed by atoms with E-state index in [1.807, 2.05) is 0 Å². The van der Waals surface area contributed by atoms with E-state index in [-0.39, 0.29) is 22.7 Å². The number of carbonyl (C=O) groups excluding carboxylic acids is 3. The smallest absolute Gasteiger partial charge is 0.312 e. The minimum Gasteiger partial charge on any atom is -0.312 e. The summed E-state index contributed by atoms with van der Waals surface area (Å²) < 4.78 is 14.3. The van der Waals surface area contributed by atoms with E-state index < -0.39 is 29.2 Å². The highest BCUT2D eigenvalue weighted by Gasteiger charge is 2.61. The molecule has 1 unspecified atom stereocenters. The first-order valence-electron chi connectivity index (χ1n) is 7.95. The zero-order valence-electron chi connectivity index (χ0n) is 13.9. The van der Waals surface area contributed by atoms with Gasteiger partial charge in [0.25, 0.3) is 11.8 Å². The fraction of sp³-hybridized carbons (Fsp3) is 0.167. The second-order valence-corrected chi connectivity index (χ2v) is 7.21. The number of hydrogen-bond donors (Lipinski definition) is 2. The molecule has 0 aromatic heterocycles. The van der Waals surface area contributed by atoms with E-state index in [4.69, 9.17) is 23.2 Å². The van der Waals surface area contributed by atoms with Crippen molar-refractivity contribution < 1.29 is 18.8 Å². The van der Waals surface area contributed by atoms with Crippen molar-refractivity contribution in [3.05, 3.63) is 62.9 Å². The number of rotatable bonds is 2. The van der Waals surface area contributed by atoms with Crippen molar-refractivity contribution in [3.8, 4) is 0 Å². The number of halogens is 3. The van der Waals surface area contributed by atoms with Crippen LogP contribution in [0, 0.1) is 12.7 Å². The maximum absolute atomic E-state index is 14.3. The summed E-state index contributed by atoms with van der Waals surface area (Å²) >= 11 is 12.2. The highest BCUT2D eigenvalue weighted by atomic mass is 35.5. The molecule has 0 radical (unpaired) electrons. The standard InChI is InChI=1S/C18H12Cl2FN3O3/c1-8-5-9(19)6-11-14(8)24(7-10-12(20)3-2-4-13(10)21)16(26)18(11)15(25)22-17(27)23-18/h2-6H,7H2,1H3,(H2,22,23,25,27). The van der Waals surface area contributed by atoms with Crippen molar-refractivity contribution in [2.75, 3.05) is 4.90 Å². The lowest BCUT2D eigenvalue weighted by Gasteiger charge is -2.22. The van der Waals surface area contributed by atoms with Crippen molar-refractivity contribution >= 4 is 46.7 Å². The second-order valence-electron chi connectivity index (χ2n) is 6.37. The molecule has 2 aliphatic heterocycles. The van der Waals surface area contributed by atoms with Crippen molar-refractivity contribution in [2.24, 2.45) is 0 Å². The number of carbonyl (C=O) groups is 3. The van der Waals surface area contributed by atoms with E-state index in [1.165, 1.54) is 29.2 Å². The van der Waals surface area contributed by atoms with Crippen LogP contribution in [-0.4, -0.2) is 17.8 Å². The van der Waals surface area contributed by atoms with E-state index in [1.54, 1.807) is 13.0 Å². The third-order valence-corrected chi connectivity index (χ3v) is 5.32. The molecular weight excluding hydrogens is 396 g/mol. The molecule has 9 heteroatoms. The highest BCUT2D eigenvalue weighted by molar-refractivity contribution is 6.33. The molecule has 6 nitrogen and oxygen atoms in total. The fourth-order valence-corrected chi connectivity index (χ4v) is 4.08. The van der Waals surface area contributed by atoms with Gasteiger partial charge in [-0.1, -0.05) is 29.3 Å². The van der Waals surface area contributed by atoms with Gasteiger partial charge in [-0.2, -0.15) is 0 Å². The largest absolute Gasteiger partial charge is 0.323 e. The number of aryl methyl sites for hydroxylation is 1. The Morgan fingerprint density at radius 3 is 2.56 bits per heavy atom. The molecule has 4 amide bonds. The first kappa shape index (κ1) is 17.8. The number of fused-ring (bicyclic) bond motifs is 2. The predicted octanol–water partition coefficient (Wildman–Crippen LogP) is 3.02. The first-order chi connectivity index (χ1) is 12.8. The lowest BCUT2D eigenvalue weighted by molar-refractivity contribution is -0.134. The minimum absolute atomic E-state index is 0.106. The molecule has 0 bridgehead atoms. The Hall–Kier alpha value is -2.64. The molecule has 1 spiro atoms. The topological polar surface area (TPSA) is 78.5 Å². The van der Waals surface area contributed by atoms with E-state index >= 15 is 0 Å². The summed E-state index contributed by atoms with van der Waals surface area (Å²) in [6.07, 6.45) is 0. The van der Waals surface area contributed by atoms with Crippen LogP contribution in [0.2, 0.25) is 10.0 Å². The Morgan fingerprint density at radius 1 is 1.19 bits per heavy atom. The lowest BCUT2D eigenvalue weighted by atomic mass is 9.90. The molecule has 0 saturated carbocycles. The van der Waals surface area contributed by atoms with Gasteiger partial charge in [-0.25, -0.2) is 9.18 Å². The van der Waals surface area contributed by atoms with Crippen LogP contribution >= 0.6 is 23.2 Å². The molecule has 2 aromatic rings. The van der Waals surface area contributed by atoms with Crippen LogP contribution in [0.15, 0.2) is 30.3 Å². The average Bonchev–Trinajstić information content (AvgIpc) is 3.00. The second kappa shape index (κ2) is 5.94. The van der Waals surface area contributed by atoms with Gasteiger partial charge in [-0.15, -0.1) is 0 Å². The quantitative estimate of drug-likeness (QED) is 0.593. The van der Waals surface area contributed by atoms with Crippen molar-refractivity contribution in [1.82, 2.24) is 10.6 Å². The van der Waals surface area contributed by atoms with Gasteiger partial charge in [0.15, 0.2) is 0 Å². The molecule has 27 heavy (non-hydrogen) atoms. The molecule has 4 rings (SSSR count). The maximum Gasteiger partial charge on any atom is 0.323 e. The van der Waals surface area contributed by atoms with Crippen LogP contribution < -0.4 is 15.5 Å². The number of anilines is 1. The normalized spacial score (nSPS) is 20.9. The monoisotopic (exact) mass is 407 g/mol. The summed E-state index contributed by atoms with van der Waals surface area (Å²) in [6, 6.07) is 6.49. The molecule has 2 heterocycles. The van der Waals surface area contributed by atoms with Crippen LogP contribution in [-0.2, 0) is 21.7 Å². The number of nitrogens with one attached hydrogen (secondary N) is 2. The summed E-state index contributed by atoms with van der Waals surface area (Å²) in [6.45, 7) is 1.51. The molecular formula is C18H12Cl2FN3O3. The molecule has 2 aliphatic rings. The SMILES string of the molecule is Cc1cc(Cl)cc2c1N(Cc1c(F)cccc1Cl)C(=O)C21NC(=O)NC1=O. The van der Waals surface area contributed by atoms with Gasteiger partial charge >= 0.3 is 6.03 Å². The van der Waals surface area contributed by atoms with Gasteiger partial charge in [0.1, 0.15) is 5.82 Å². The van der Waals surface area contributed by atoms with Gasteiger partial charge in [-0.3, -0.25) is 14.9 Å². The molecule has 1 saturated heterocycles. The van der Waals surface area contributed by atoms with Crippen molar-refractivity contribution in [3.63, 3.8) is 0 Å². The van der Waals surface area contributed by atoms with Gasteiger partial charge in [-0.05, 0) is 36.8 Å². The number of urea groups is 1. The van der Waals surface area contributed by atoms with Gasteiger partial charge in [0, 0.05) is 21.2 Å². The molecule has 0 aliphatic carbocycles. The van der Waals surface area contributed by atoms with Crippen molar-refractivity contribution in [2.45, 2.75) is 19.0 Å². The van der Waals surface area contributed by atoms with E-state index in [0.29, 0.717) is 16.3 Å². The number of hydrogen-bond acceptors (Lipinski definition) is 3. The Balaban J connectivity index is 1.92. The minimum atomic E-state index is -1.93. The maximum atomic E-state index is 14.3. The molecule has 2 N–H and O–H groups in total. The van der Waals surface area contributed by atoms with Crippen LogP contribution in [0.5, 0.6) is 0 Å². The molecule has 2 aromatic carbocycles. The van der Waals surface area contributed by atoms with Gasteiger partial charge in [0.05, 0.1) is 12.2 Å². The lowest BCUT2D eigenvalue weighted by Crippen LogP contribution is -2.52. The third kappa shape index (κ3) is 2.42. The Labute approximate surface area is 163 Å². The predicted molar refractivity (Wildman–Crippen MR) is 97.1 cm³/mol. The number of imide groups is 1. The van der Waals surface area contributed by atoms with Gasteiger partial charge < -0.3 is 10.2 Å². The zero-order chi connectivity index (χ0) is 19.5. The van der Waals surface area contributed by atoms with Crippen molar-refractivity contribution in [1.29, 1.82) is 0 Å². The number of amides is 4. The van der Waals surface area contributed by atoms with E-state index in [9.17, 15) is 18.8 Å². The third-order valence-electron chi connectivity index (χ3n) is 4.75. The summed E-state index contributed by atoms with van der Waals surface area (Å²) in [5, 5.41) is 4.95. The summed E-state index contributed by atoms with van der Waals surface area (Å²) in [5.74, 6) is -2.09. The first-order valence-corrected chi connectivity index (χ1v) is 8.70. The Kier molecular flexibility index (Phi) is 3.90. The molecule has 138 valence electrons. The fourth-order valence-electron chi connectivity index (χ4n) is 3.59. The molecule has 1 fully saturated rings. The van der Waals surface area contributed by atoms with Crippen LogP contribution in [0.3, 0.4) is 0 Å². The summed E-state index contributed by atoms with van der Waals surface area (Å²) in [4.78, 5) is 38.9. The number of benzene rings is 2. The Bertz CT molecular complexity index is 1020. The van der Waals surface area contributed by atoms with Crippen LogP contribution in [0.1, 0.15) is 16.7 Å². The van der Waals surface area contributed by atoms with E-state index in [2.05, 4.69) is 10.6 Å². The zero-order valence-corrected chi connectivity index (χ0v) is 15.4. The highest BCUT2D eigenvalue weighted by Crippen LogP contribution is 2.46. The Morgan fingerprint density at radius 2 is 1.93 bits per heavy atom. The molecule has 1 atom stereocenters.